The van der Waals surface area contributed by atoms with E-state index in [9.17, 15) is 9.59 Å². The summed E-state index contributed by atoms with van der Waals surface area (Å²) in [4.78, 5) is 22.4. The Balaban J connectivity index is 1.85. The maximum absolute atomic E-state index is 11.3. The summed E-state index contributed by atoms with van der Waals surface area (Å²) < 4.78 is 4.66. The number of carbonyl (C=O) groups is 2. The maximum Gasteiger partial charge on any atom is 0.337 e. The molecule has 21 heavy (non-hydrogen) atoms. The Hall–Kier alpha value is -1.88. The van der Waals surface area contributed by atoms with E-state index in [1.165, 1.54) is 7.11 Å². The van der Waals surface area contributed by atoms with Crippen LogP contribution in [0.4, 0.5) is 0 Å². The summed E-state index contributed by atoms with van der Waals surface area (Å²) in [5.74, 6) is -1.26. The van der Waals surface area contributed by atoms with E-state index in [4.69, 9.17) is 5.11 Å². The average molecular weight is 291 g/mol. The maximum atomic E-state index is 11.3. The van der Waals surface area contributed by atoms with Crippen molar-refractivity contribution in [2.75, 3.05) is 7.11 Å². The summed E-state index contributed by atoms with van der Waals surface area (Å²) in [5, 5.41) is 12.5. The van der Waals surface area contributed by atoms with Crippen molar-refractivity contribution in [3.8, 4) is 0 Å². The SMILES string of the molecule is COC(=O)c1ccc(CNC2CCCC(C(=O)O)C2)cc1. The number of carboxylic acids is 1. The summed E-state index contributed by atoms with van der Waals surface area (Å²) in [6.45, 7) is 0.679. The van der Waals surface area contributed by atoms with Crippen LogP contribution in [0.5, 0.6) is 0 Å². The van der Waals surface area contributed by atoms with E-state index in [2.05, 4.69) is 10.1 Å². The number of methoxy groups -OCH3 is 1. The molecule has 0 aliphatic heterocycles. The van der Waals surface area contributed by atoms with Crippen LogP contribution >= 0.6 is 0 Å². The zero-order valence-corrected chi connectivity index (χ0v) is 12.2. The minimum atomic E-state index is -0.691. The van der Waals surface area contributed by atoms with Crippen LogP contribution in [-0.4, -0.2) is 30.2 Å². The Kier molecular flexibility index (Phi) is 5.33. The molecule has 1 aliphatic carbocycles. The lowest BCUT2D eigenvalue weighted by atomic mass is 9.86. The van der Waals surface area contributed by atoms with Crippen LogP contribution in [0, 0.1) is 5.92 Å². The zero-order valence-electron chi connectivity index (χ0n) is 12.2. The van der Waals surface area contributed by atoms with Crippen molar-refractivity contribution in [1.29, 1.82) is 0 Å². The Bertz CT molecular complexity index is 498. The van der Waals surface area contributed by atoms with Gasteiger partial charge in [0.25, 0.3) is 0 Å². The number of esters is 1. The number of ether oxygens (including phenoxy) is 1. The van der Waals surface area contributed by atoms with Crippen LogP contribution in [-0.2, 0) is 16.1 Å². The minimum Gasteiger partial charge on any atom is -0.481 e. The fourth-order valence-corrected chi connectivity index (χ4v) is 2.74. The van der Waals surface area contributed by atoms with E-state index in [1.54, 1.807) is 12.1 Å². The number of carbonyl (C=O) groups excluding carboxylic acids is 1. The van der Waals surface area contributed by atoms with Crippen LogP contribution in [0.25, 0.3) is 0 Å². The lowest BCUT2D eigenvalue weighted by Gasteiger charge is -2.27. The summed E-state index contributed by atoms with van der Waals surface area (Å²) >= 11 is 0. The first-order chi connectivity index (χ1) is 10.1. The highest BCUT2D eigenvalue weighted by Gasteiger charge is 2.26. The molecule has 0 aromatic heterocycles. The molecule has 0 amide bonds. The van der Waals surface area contributed by atoms with Crippen molar-refractivity contribution in [2.24, 2.45) is 5.92 Å². The third kappa shape index (κ3) is 4.29. The number of rotatable bonds is 5. The van der Waals surface area contributed by atoms with Gasteiger partial charge in [-0.1, -0.05) is 18.6 Å². The predicted octanol–water partition coefficient (Wildman–Crippen LogP) is 2.21. The van der Waals surface area contributed by atoms with Crippen molar-refractivity contribution in [3.63, 3.8) is 0 Å². The van der Waals surface area contributed by atoms with E-state index in [0.29, 0.717) is 18.5 Å². The summed E-state index contributed by atoms with van der Waals surface area (Å²) in [5.41, 5.74) is 1.60. The zero-order chi connectivity index (χ0) is 15.2. The van der Waals surface area contributed by atoms with E-state index >= 15 is 0 Å². The molecule has 2 rings (SSSR count). The standard InChI is InChI=1S/C16H21NO4/c1-21-16(20)12-7-5-11(6-8-12)10-17-14-4-2-3-13(9-14)15(18)19/h5-8,13-14,17H,2-4,9-10H2,1H3,(H,18,19). The van der Waals surface area contributed by atoms with Crippen molar-refractivity contribution in [3.05, 3.63) is 35.4 Å². The molecule has 0 heterocycles. The van der Waals surface area contributed by atoms with Gasteiger partial charge in [-0.2, -0.15) is 0 Å². The first kappa shape index (κ1) is 15.5. The lowest BCUT2D eigenvalue weighted by molar-refractivity contribution is -0.143. The fraction of sp³-hybridized carbons (Fsp3) is 0.500. The van der Waals surface area contributed by atoms with Crippen LogP contribution < -0.4 is 5.32 Å². The molecular weight excluding hydrogens is 270 g/mol. The first-order valence-electron chi connectivity index (χ1n) is 7.23. The van der Waals surface area contributed by atoms with Crippen molar-refractivity contribution >= 4 is 11.9 Å². The summed E-state index contributed by atoms with van der Waals surface area (Å²) in [7, 11) is 1.36. The molecule has 114 valence electrons. The van der Waals surface area contributed by atoms with Gasteiger partial charge in [0, 0.05) is 12.6 Å². The van der Waals surface area contributed by atoms with E-state index < -0.39 is 5.97 Å². The van der Waals surface area contributed by atoms with Crippen molar-refractivity contribution < 1.29 is 19.4 Å². The number of benzene rings is 1. The molecule has 0 bridgehead atoms. The lowest BCUT2D eigenvalue weighted by Crippen LogP contribution is -2.36. The van der Waals surface area contributed by atoms with Gasteiger partial charge in [-0.3, -0.25) is 4.79 Å². The summed E-state index contributed by atoms with van der Waals surface area (Å²) in [6, 6.07) is 7.50. The molecule has 0 saturated heterocycles. The first-order valence-corrected chi connectivity index (χ1v) is 7.23. The van der Waals surface area contributed by atoms with Gasteiger partial charge in [0.05, 0.1) is 18.6 Å². The summed E-state index contributed by atoms with van der Waals surface area (Å²) in [6.07, 6.45) is 3.44. The third-order valence-corrected chi connectivity index (χ3v) is 3.99. The molecule has 0 radical (unpaired) electrons. The fourth-order valence-electron chi connectivity index (χ4n) is 2.74. The molecule has 5 heteroatoms. The van der Waals surface area contributed by atoms with Gasteiger partial charge in [0.1, 0.15) is 0 Å². The normalized spacial score (nSPS) is 21.8. The quantitative estimate of drug-likeness (QED) is 0.813. The van der Waals surface area contributed by atoms with Gasteiger partial charge in [0.2, 0.25) is 0 Å². The Morgan fingerprint density at radius 1 is 1.29 bits per heavy atom. The second kappa shape index (κ2) is 7.22. The molecule has 1 aromatic carbocycles. The van der Waals surface area contributed by atoms with Gasteiger partial charge < -0.3 is 15.2 Å². The Morgan fingerprint density at radius 2 is 2.00 bits per heavy atom. The molecule has 1 aliphatic rings. The average Bonchev–Trinajstić information content (AvgIpc) is 2.53. The topological polar surface area (TPSA) is 75.6 Å². The van der Waals surface area contributed by atoms with Crippen LogP contribution in [0.15, 0.2) is 24.3 Å². The largest absolute Gasteiger partial charge is 0.481 e. The third-order valence-electron chi connectivity index (χ3n) is 3.99. The van der Waals surface area contributed by atoms with Crippen LogP contribution in [0.1, 0.15) is 41.6 Å². The molecular formula is C16H21NO4. The molecule has 2 N–H and O–H groups in total. The predicted molar refractivity (Wildman–Crippen MR) is 78.0 cm³/mol. The molecule has 5 nitrogen and oxygen atoms in total. The van der Waals surface area contributed by atoms with Crippen molar-refractivity contribution in [2.45, 2.75) is 38.3 Å². The number of nitrogens with one attached hydrogen (secondary N) is 1. The minimum absolute atomic E-state index is 0.224. The highest BCUT2D eigenvalue weighted by Crippen LogP contribution is 2.24. The highest BCUT2D eigenvalue weighted by atomic mass is 16.5. The second-order valence-corrected chi connectivity index (χ2v) is 5.47. The van der Waals surface area contributed by atoms with Gasteiger partial charge in [-0.05, 0) is 37.0 Å². The Morgan fingerprint density at radius 3 is 2.62 bits per heavy atom. The molecule has 2 unspecified atom stereocenters. The van der Waals surface area contributed by atoms with Gasteiger partial charge in [0.15, 0.2) is 0 Å². The van der Waals surface area contributed by atoms with Gasteiger partial charge in [-0.25, -0.2) is 4.79 Å². The molecule has 2 atom stereocenters. The van der Waals surface area contributed by atoms with E-state index in [1.807, 2.05) is 12.1 Å². The number of carboxylic acid groups (broad SMARTS) is 1. The smallest absolute Gasteiger partial charge is 0.337 e. The highest BCUT2D eigenvalue weighted by molar-refractivity contribution is 5.89. The van der Waals surface area contributed by atoms with Crippen LogP contribution in [0.3, 0.4) is 0 Å². The molecule has 1 saturated carbocycles. The molecule has 1 fully saturated rings. The van der Waals surface area contributed by atoms with E-state index in [-0.39, 0.29) is 17.9 Å². The van der Waals surface area contributed by atoms with Crippen LogP contribution in [0.2, 0.25) is 0 Å². The molecule has 1 aromatic rings. The molecule has 0 spiro atoms. The second-order valence-electron chi connectivity index (χ2n) is 5.47. The van der Waals surface area contributed by atoms with E-state index in [0.717, 1.165) is 24.8 Å². The van der Waals surface area contributed by atoms with Gasteiger partial charge in [-0.15, -0.1) is 0 Å². The number of hydrogen-bond acceptors (Lipinski definition) is 4. The van der Waals surface area contributed by atoms with Gasteiger partial charge >= 0.3 is 11.9 Å². The monoisotopic (exact) mass is 291 g/mol. The Labute approximate surface area is 124 Å². The number of aliphatic carboxylic acids is 1. The number of hydrogen-bond donors (Lipinski definition) is 2. The van der Waals surface area contributed by atoms with Crippen molar-refractivity contribution in [1.82, 2.24) is 5.32 Å².